The number of benzene rings is 8. The second kappa shape index (κ2) is 15.3. The molecule has 0 fully saturated rings. The lowest BCUT2D eigenvalue weighted by Gasteiger charge is -2.23. The number of rotatable bonds is 8. The van der Waals surface area contributed by atoms with Gasteiger partial charge >= 0.3 is 0 Å². The van der Waals surface area contributed by atoms with E-state index in [-0.39, 0.29) is 5.41 Å². The van der Waals surface area contributed by atoms with E-state index in [0.717, 1.165) is 55.4 Å². The first kappa shape index (κ1) is 38.1. The molecule has 8 aromatic carbocycles. The summed E-state index contributed by atoms with van der Waals surface area (Å²) in [5.74, 6) is 2.84. The zero-order chi connectivity index (χ0) is 43.5. The third-order valence-corrected chi connectivity index (χ3v) is 12.5. The standard InChI is InChI=1S/C57H40N8/c1-57(2)47-31-19-18-30-43(47)44-35-46-45-34-42(32-33-49(45)64(50(46)36-48(44)57)41-28-16-7-17-29-41)65(55-60-51(37-20-8-3-9-21-37)58-52(61-55)38-22-10-4-11-23-38)56-62-53(39-24-12-5-13-25-39)59-54(63-56)40-26-14-6-15-27-40/h3-36H,1-2H3. The molecule has 3 heterocycles. The number of para-hydroxylation sites is 1. The molecule has 308 valence electrons. The highest BCUT2D eigenvalue weighted by atomic mass is 15.4. The van der Waals surface area contributed by atoms with E-state index in [2.05, 4.69) is 103 Å². The molecule has 0 radical (unpaired) electrons. The van der Waals surface area contributed by atoms with Crippen molar-refractivity contribution in [2.75, 3.05) is 4.90 Å². The first-order chi connectivity index (χ1) is 32.0. The van der Waals surface area contributed by atoms with E-state index in [9.17, 15) is 0 Å². The van der Waals surface area contributed by atoms with Gasteiger partial charge in [0.15, 0.2) is 23.3 Å². The Morgan fingerprint density at radius 1 is 0.369 bits per heavy atom. The minimum atomic E-state index is -0.169. The second-order valence-corrected chi connectivity index (χ2v) is 16.8. The summed E-state index contributed by atoms with van der Waals surface area (Å²) in [6.45, 7) is 4.67. The van der Waals surface area contributed by atoms with E-state index in [0.29, 0.717) is 35.2 Å². The normalized spacial score (nSPS) is 12.6. The average molecular weight is 837 g/mol. The van der Waals surface area contributed by atoms with E-state index in [4.69, 9.17) is 29.9 Å². The Labute approximate surface area is 376 Å². The number of aromatic nitrogens is 7. The third kappa shape index (κ3) is 6.54. The zero-order valence-corrected chi connectivity index (χ0v) is 35.7. The quantitative estimate of drug-likeness (QED) is 0.151. The van der Waals surface area contributed by atoms with E-state index in [1.54, 1.807) is 0 Å². The molecule has 8 heteroatoms. The van der Waals surface area contributed by atoms with Crippen LogP contribution in [0.3, 0.4) is 0 Å². The maximum absolute atomic E-state index is 5.27. The molecule has 8 nitrogen and oxygen atoms in total. The van der Waals surface area contributed by atoms with Crippen molar-refractivity contribution in [3.05, 3.63) is 217 Å². The summed E-state index contributed by atoms with van der Waals surface area (Å²) in [6, 6.07) is 70.9. The van der Waals surface area contributed by atoms with E-state index < -0.39 is 0 Å². The first-order valence-electron chi connectivity index (χ1n) is 21.8. The highest BCUT2D eigenvalue weighted by Gasteiger charge is 2.36. The lowest BCUT2D eigenvalue weighted by atomic mass is 9.82. The summed E-state index contributed by atoms with van der Waals surface area (Å²) in [6.07, 6.45) is 0. The van der Waals surface area contributed by atoms with Gasteiger partial charge in [-0.2, -0.15) is 19.9 Å². The molecular weight excluding hydrogens is 797 g/mol. The van der Waals surface area contributed by atoms with Crippen molar-refractivity contribution >= 4 is 39.4 Å². The summed E-state index contributed by atoms with van der Waals surface area (Å²) < 4.78 is 2.38. The largest absolute Gasteiger partial charge is 0.309 e. The van der Waals surface area contributed by atoms with Gasteiger partial charge in [0.1, 0.15) is 0 Å². The first-order valence-corrected chi connectivity index (χ1v) is 21.8. The van der Waals surface area contributed by atoms with Crippen LogP contribution >= 0.6 is 0 Å². The average Bonchev–Trinajstić information content (AvgIpc) is 3.81. The molecule has 0 atom stereocenters. The molecule has 0 N–H and O–H groups in total. The van der Waals surface area contributed by atoms with Gasteiger partial charge in [-0.05, 0) is 64.7 Å². The Bertz CT molecular complexity index is 3310. The Hall–Kier alpha value is -8.62. The van der Waals surface area contributed by atoms with Crippen LogP contribution in [0.2, 0.25) is 0 Å². The maximum atomic E-state index is 5.27. The molecule has 0 saturated carbocycles. The van der Waals surface area contributed by atoms with Gasteiger partial charge in [0, 0.05) is 44.1 Å². The maximum Gasteiger partial charge on any atom is 0.241 e. The fraction of sp³-hybridized carbons (Fsp3) is 0.0526. The minimum absolute atomic E-state index is 0.169. The molecule has 11 aromatic rings. The van der Waals surface area contributed by atoms with Gasteiger partial charge in [0.05, 0.1) is 16.7 Å². The molecule has 0 aliphatic heterocycles. The second-order valence-electron chi connectivity index (χ2n) is 16.8. The summed E-state index contributed by atoms with van der Waals surface area (Å²) in [4.78, 5) is 33.2. The highest BCUT2D eigenvalue weighted by Crippen LogP contribution is 2.51. The van der Waals surface area contributed by atoms with Crippen molar-refractivity contribution in [2.24, 2.45) is 0 Å². The van der Waals surface area contributed by atoms with Crippen LogP contribution in [0.4, 0.5) is 17.6 Å². The molecule has 0 bridgehead atoms. The number of anilines is 3. The molecule has 0 amide bonds. The van der Waals surface area contributed by atoms with Crippen LogP contribution in [0, 0.1) is 0 Å². The Morgan fingerprint density at radius 3 is 1.29 bits per heavy atom. The summed E-state index contributed by atoms with van der Waals surface area (Å²) in [7, 11) is 0. The molecule has 1 aliphatic rings. The fourth-order valence-electron chi connectivity index (χ4n) is 9.31. The number of hydrogen-bond donors (Lipinski definition) is 0. The van der Waals surface area contributed by atoms with Crippen molar-refractivity contribution < 1.29 is 0 Å². The van der Waals surface area contributed by atoms with Gasteiger partial charge in [-0.3, -0.25) is 0 Å². The molecule has 65 heavy (non-hydrogen) atoms. The molecule has 0 saturated heterocycles. The Kier molecular flexibility index (Phi) is 8.98. The van der Waals surface area contributed by atoms with Crippen LogP contribution < -0.4 is 4.90 Å². The van der Waals surface area contributed by atoms with Crippen LogP contribution in [0.5, 0.6) is 0 Å². The van der Waals surface area contributed by atoms with Gasteiger partial charge < -0.3 is 4.57 Å². The summed E-state index contributed by atoms with van der Waals surface area (Å²) >= 11 is 0. The summed E-state index contributed by atoms with van der Waals surface area (Å²) in [5.41, 5.74) is 12.5. The molecule has 0 unspecified atom stereocenters. The monoisotopic (exact) mass is 836 g/mol. The molecule has 1 aliphatic carbocycles. The van der Waals surface area contributed by atoms with Gasteiger partial charge in [-0.1, -0.05) is 178 Å². The predicted octanol–water partition coefficient (Wildman–Crippen LogP) is 13.6. The lowest BCUT2D eigenvalue weighted by molar-refractivity contribution is 0.661. The fourth-order valence-corrected chi connectivity index (χ4v) is 9.31. The topological polar surface area (TPSA) is 85.5 Å². The molecule has 12 rings (SSSR count). The van der Waals surface area contributed by atoms with Gasteiger partial charge in [-0.25, -0.2) is 14.9 Å². The van der Waals surface area contributed by atoms with E-state index in [1.807, 2.05) is 126 Å². The van der Waals surface area contributed by atoms with Gasteiger partial charge in [0.2, 0.25) is 11.9 Å². The van der Waals surface area contributed by atoms with Crippen LogP contribution in [-0.4, -0.2) is 34.5 Å². The highest BCUT2D eigenvalue weighted by molar-refractivity contribution is 6.13. The third-order valence-electron chi connectivity index (χ3n) is 12.5. The van der Waals surface area contributed by atoms with E-state index in [1.165, 1.54) is 22.3 Å². The smallest absolute Gasteiger partial charge is 0.241 e. The molecule has 0 spiro atoms. The number of fused-ring (bicyclic) bond motifs is 6. The van der Waals surface area contributed by atoms with Crippen LogP contribution in [0.15, 0.2) is 206 Å². The molecule has 3 aromatic heterocycles. The predicted molar refractivity (Wildman–Crippen MR) is 262 cm³/mol. The van der Waals surface area contributed by atoms with Crippen molar-refractivity contribution in [2.45, 2.75) is 19.3 Å². The van der Waals surface area contributed by atoms with Crippen molar-refractivity contribution in [1.29, 1.82) is 0 Å². The minimum Gasteiger partial charge on any atom is -0.309 e. The van der Waals surface area contributed by atoms with Crippen LogP contribution in [0.1, 0.15) is 25.0 Å². The van der Waals surface area contributed by atoms with Crippen molar-refractivity contribution in [3.63, 3.8) is 0 Å². The van der Waals surface area contributed by atoms with Crippen LogP contribution in [0.25, 0.3) is 84.2 Å². The van der Waals surface area contributed by atoms with Gasteiger partial charge in [-0.15, -0.1) is 0 Å². The zero-order valence-electron chi connectivity index (χ0n) is 35.7. The van der Waals surface area contributed by atoms with Gasteiger partial charge in [0.25, 0.3) is 0 Å². The molecular formula is C57H40N8. The van der Waals surface area contributed by atoms with Crippen molar-refractivity contribution in [1.82, 2.24) is 34.5 Å². The van der Waals surface area contributed by atoms with Crippen molar-refractivity contribution in [3.8, 4) is 62.4 Å². The van der Waals surface area contributed by atoms with E-state index >= 15 is 0 Å². The number of nitrogens with zero attached hydrogens (tertiary/aromatic N) is 8. The SMILES string of the molecule is CC1(C)c2ccccc2-c2cc3c4cc(N(c5nc(-c6ccccc6)nc(-c6ccccc6)n5)c5nc(-c6ccccc6)nc(-c6ccccc6)n5)ccc4n(-c4ccccc4)c3cc21. The summed E-state index contributed by atoms with van der Waals surface area (Å²) in [5, 5.41) is 2.20. The Morgan fingerprint density at radius 2 is 0.800 bits per heavy atom. The Balaban J connectivity index is 1.17. The lowest BCUT2D eigenvalue weighted by Crippen LogP contribution is -2.19. The number of hydrogen-bond acceptors (Lipinski definition) is 7. The van der Waals surface area contributed by atoms with Crippen LogP contribution in [-0.2, 0) is 5.41 Å².